The SMILES string of the molecule is [C-]#[N+]CC1CN(C(=O)NC(C)C)C1. The molecule has 2 amide bonds. The van der Waals surface area contributed by atoms with Gasteiger partial charge < -0.3 is 15.1 Å². The molecule has 1 saturated heterocycles. The number of nitrogens with zero attached hydrogens (tertiary/aromatic N) is 2. The number of amides is 2. The predicted octanol–water partition coefficient (Wildman–Crippen LogP) is 0.955. The fourth-order valence-corrected chi connectivity index (χ4v) is 1.32. The largest absolute Gasteiger partial charge is 0.336 e. The van der Waals surface area contributed by atoms with Gasteiger partial charge in [0, 0.05) is 19.1 Å². The van der Waals surface area contributed by atoms with Gasteiger partial charge >= 0.3 is 6.03 Å². The second-order valence-corrected chi connectivity index (χ2v) is 3.72. The van der Waals surface area contributed by atoms with Crippen LogP contribution in [0.5, 0.6) is 0 Å². The van der Waals surface area contributed by atoms with E-state index < -0.39 is 0 Å². The smallest absolute Gasteiger partial charge is 0.317 e. The lowest BCUT2D eigenvalue weighted by Gasteiger charge is -2.36. The van der Waals surface area contributed by atoms with Crippen LogP contribution in [0.4, 0.5) is 4.79 Å². The van der Waals surface area contributed by atoms with E-state index in [9.17, 15) is 4.79 Å². The first-order valence-corrected chi connectivity index (χ1v) is 4.52. The number of likely N-dealkylation sites (tertiary alicyclic amines) is 1. The third-order valence-corrected chi connectivity index (χ3v) is 2.01. The van der Waals surface area contributed by atoms with Gasteiger partial charge in [0.2, 0.25) is 6.54 Å². The van der Waals surface area contributed by atoms with E-state index >= 15 is 0 Å². The van der Waals surface area contributed by atoms with Gasteiger partial charge in [-0.3, -0.25) is 0 Å². The van der Waals surface area contributed by atoms with Crippen LogP contribution in [0.15, 0.2) is 0 Å². The van der Waals surface area contributed by atoms with Crippen molar-refractivity contribution in [3.05, 3.63) is 11.4 Å². The molecule has 1 aliphatic heterocycles. The van der Waals surface area contributed by atoms with Crippen LogP contribution < -0.4 is 5.32 Å². The number of rotatable bonds is 2. The van der Waals surface area contributed by atoms with E-state index in [4.69, 9.17) is 6.57 Å². The van der Waals surface area contributed by atoms with Crippen molar-refractivity contribution >= 4 is 6.03 Å². The molecule has 4 nitrogen and oxygen atoms in total. The Morgan fingerprint density at radius 3 is 2.77 bits per heavy atom. The summed E-state index contributed by atoms with van der Waals surface area (Å²) in [6.45, 7) is 12.6. The van der Waals surface area contributed by atoms with Gasteiger partial charge in [-0.15, -0.1) is 0 Å². The Morgan fingerprint density at radius 1 is 1.69 bits per heavy atom. The number of urea groups is 1. The highest BCUT2D eigenvalue weighted by Crippen LogP contribution is 2.15. The summed E-state index contributed by atoms with van der Waals surface area (Å²) in [4.78, 5) is 16.4. The summed E-state index contributed by atoms with van der Waals surface area (Å²) in [6.07, 6.45) is 0. The average molecular weight is 181 g/mol. The number of nitrogens with one attached hydrogen (secondary N) is 1. The normalized spacial score (nSPS) is 16.6. The lowest BCUT2D eigenvalue weighted by atomic mass is 10.0. The summed E-state index contributed by atoms with van der Waals surface area (Å²) in [6, 6.07) is 0.184. The maximum Gasteiger partial charge on any atom is 0.317 e. The lowest BCUT2D eigenvalue weighted by molar-refractivity contribution is 0.126. The third-order valence-electron chi connectivity index (χ3n) is 2.01. The fraction of sp³-hybridized carbons (Fsp3) is 0.778. The zero-order valence-electron chi connectivity index (χ0n) is 8.08. The third kappa shape index (κ3) is 2.62. The molecule has 0 atom stereocenters. The van der Waals surface area contributed by atoms with Crippen molar-refractivity contribution in [3.63, 3.8) is 0 Å². The Balaban J connectivity index is 2.20. The molecule has 1 heterocycles. The van der Waals surface area contributed by atoms with Gasteiger partial charge in [0.1, 0.15) is 0 Å². The van der Waals surface area contributed by atoms with E-state index in [1.165, 1.54) is 0 Å². The van der Waals surface area contributed by atoms with Crippen LogP contribution in [-0.2, 0) is 0 Å². The van der Waals surface area contributed by atoms with Gasteiger partial charge in [0.25, 0.3) is 0 Å². The summed E-state index contributed by atoms with van der Waals surface area (Å²) >= 11 is 0. The topological polar surface area (TPSA) is 36.7 Å². The summed E-state index contributed by atoms with van der Waals surface area (Å²) < 4.78 is 0. The molecule has 1 rings (SSSR count). The van der Waals surface area contributed by atoms with Crippen LogP contribution in [0.2, 0.25) is 0 Å². The Bertz CT molecular complexity index is 226. The molecule has 1 N–H and O–H groups in total. The second kappa shape index (κ2) is 4.13. The molecule has 0 unspecified atom stereocenters. The van der Waals surface area contributed by atoms with Gasteiger partial charge in [-0.1, -0.05) is 0 Å². The highest BCUT2D eigenvalue weighted by atomic mass is 16.2. The first kappa shape index (κ1) is 9.85. The molecule has 1 aliphatic rings. The van der Waals surface area contributed by atoms with Crippen molar-refractivity contribution in [3.8, 4) is 0 Å². The minimum atomic E-state index is -0.00349. The van der Waals surface area contributed by atoms with Crippen molar-refractivity contribution < 1.29 is 4.79 Å². The highest BCUT2D eigenvalue weighted by molar-refractivity contribution is 5.75. The van der Waals surface area contributed by atoms with Crippen LogP contribution in [0, 0.1) is 12.5 Å². The average Bonchev–Trinajstić information content (AvgIpc) is 1.93. The Labute approximate surface area is 78.7 Å². The van der Waals surface area contributed by atoms with Gasteiger partial charge in [-0.2, -0.15) is 0 Å². The zero-order valence-corrected chi connectivity index (χ0v) is 8.08. The Hall–Kier alpha value is -1.24. The van der Waals surface area contributed by atoms with Crippen molar-refractivity contribution in [2.24, 2.45) is 5.92 Å². The van der Waals surface area contributed by atoms with Gasteiger partial charge in [-0.25, -0.2) is 11.4 Å². The number of carbonyl (C=O) groups excluding carboxylic acids is 1. The second-order valence-electron chi connectivity index (χ2n) is 3.72. The standard InChI is InChI=1S/C9H15N3O/c1-7(2)11-9(13)12-5-8(6-12)4-10-3/h7-8H,4-6H2,1-2H3,(H,11,13). The molecule has 4 heteroatoms. The molecular weight excluding hydrogens is 166 g/mol. The molecule has 13 heavy (non-hydrogen) atoms. The van der Waals surface area contributed by atoms with Crippen molar-refractivity contribution in [1.29, 1.82) is 0 Å². The van der Waals surface area contributed by atoms with Crippen molar-refractivity contribution in [1.82, 2.24) is 10.2 Å². The van der Waals surface area contributed by atoms with Crippen LogP contribution >= 0.6 is 0 Å². The summed E-state index contributed by atoms with van der Waals surface area (Å²) in [5, 5.41) is 2.82. The van der Waals surface area contributed by atoms with E-state index in [-0.39, 0.29) is 12.1 Å². The minimum Gasteiger partial charge on any atom is -0.336 e. The first-order valence-electron chi connectivity index (χ1n) is 4.52. The van der Waals surface area contributed by atoms with Crippen LogP contribution in [0.25, 0.3) is 4.85 Å². The van der Waals surface area contributed by atoms with Gasteiger partial charge in [0.05, 0.1) is 5.92 Å². The minimum absolute atomic E-state index is 0.00349. The number of carbonyl (C=O) groups is 1. The first-order chi connectivity index (χ1) is 6.13. The van der Waals surface area contributed by atoms with Crippen molar-refractivity contribution in [2.75, 3.05) is 19.6 Å². The molecule has 1 fully saturated rings. The molecule has 0 spiro atoms. The quantitative estimate of drug-likeness (QED) is 0.633. The van der Waals surface area contributed by atoms with Gasteiger partial charge in [0.15, 0.2) is 0 Å². The maximum absolute atomic E-state index is 11.3. The van der Waals surface area contributed by atoms with E-state index in [1.54, 1.807) is 4.90 Å². The Kier molecular flexibility index (Phi) is 3.13. The molecule has 0 aromatic heterocycles. The summed E-state index contributed by atoms with van der Waals surface area (Å²) in [7, 11) is 0. The molecule has 0 aromatic carbocycles. The van der Waals surface area contributed by atoms with Crippen LogP contribution in [0.1, 0.15) is 13.8 Å². The van der Waals surface area contributed by atoms with Crippen LogP contribution in [0.3, 0.4) is 0 Å². The molecule has 72 valence electrons. The fourth-order valence-electron chi connectivity index (χ4n) is 1.32. The zero-order chi connectivity index (χ0) is 9.84. The van der Waals surface area contributed by atoms with Gasteiger partial charge in [-0.05, 0) is 13.8 Å². The Morgan fingerprint density at radius 2 is 2.31 bits per heavy atom. The molecule has 0 saturated carbocycles. The highest BCUT2D eigenvalue weighted by Gasteiger charge is 2.32. The molecular formula is C9H15N3O. The lowest BCUT2D eigenvalue weighted by Crippen LogP contribution is -2.55. The van der Waals surface area contributed by atoms with Crippen LogP contribution in [-0.4, -0.2) is 36.6 Å². The van der Waals surface area contributed by atoms with E-state index in [0.717, 1.165) is 13.1 Å². The van der Waals surface area contributed by atoms with E-state index in [2.05, 4.69) is 10.2 Å². The molecule has 0 aromatic rings. The predicted molar refractivity (Wildman–Crippen MR) is 50.2 cm³/mol. The molecule has 0 aliphatic carbocycles. The molecule has 0 bridgehead atoms. The van der Waals surface area contributed by atoms with E-state index in [1.807, 2.05) is 13.8 Å². The monoisotopic (exact) mass is 181 g/mol. The van der Waals surface area contributed by atoms with E-state index in [0.29, 0.717) is 12.5 Å². The summed E-state index contributed by atoms with van der Waals surface area (Å²) in [5.74, 6) is 0.399. The molecule has 0 radical (unpaired) electrons. The number of hydrogen-bond donors (Lipinski definition) is 1. The van der Waals surface area contributed by atoms with Crippen molar-refractivity contribution in [2.45, 2.75) is 19.9 Å². The summed E-state index contributed by atoms with van der Waals surface area (Å²) in [5.41, 5.74) is 0. The number of hydrogen-bond acceptors (Lipinski definition) is 1. The maximum atomic E-state index is 11.3.